The lowest BCUT2D eigenvalue weighted by atomic mass is 9.87. The summed E-state index contributed by atoms with van der Waals surface area (Å²) < 4.78 is 20.4. The van der Waals surface area contributed by atoms with Crippen molar-refractivity contribution in [3.05, 3.63) is 39.3 Å². The quantitative estimate of drug-likeness (QED) is 0.449. The van der Waals surface area contributed by atoms with E-state index >= 15 is 0 Å². The highest BCUT2D eigenvalue weighted by Gasteiger charge is 2.39. The van der Waals surface area contributed by atoms with Gasteiger partial charge in [-0.05, 0) is 55.3 Å². The number of carbonyl (C=O) groups excluding carboxylic acids is 2. The van der Waals surface area contributed by atoms with Crippen LogP contribution in [0.2, 0.25) is 0 Å². The number of anilines is 1. The second kappa shape index (κ2) is 7.54. The second-order valence-electron chi connectivity index (χ2n) is 7.81. The van der Waals surface area contributed by atoms with E-state index < -0.39 is 23.6 Å². The third-order valence-corrected chi connectivity index (χ3v) is 5.91. The average molecular weight is 472 g/mol. The van der Waals surface area contributed by atoms with E-state index in [4.69, 9.17) is 16.3 Å². The fraction of sp³-hybridized carbons (Fsp3) is 0.450. The van der Waals surface area contributed by atoms with E-state index in [9.17, 15) is 14.0 Å². The molecule has 0 saturated heterocycles. The van der Waals surface area contributed by atoms with Crippen molar-refractivity contribution in [3.8, 4) is 0 Å². The van der Waals surface area contributed by atoms with E-state index in [1.165, 1.54) is 17.0 Å². The van der Waals surface area contributed by atoms with Crippen LogP contribution >= 0.6 is 27.5 Å². The standard InChI is InChI=1S/C20H21BrClFN2O3/c1-20(2,3)28-19(27)24(4)15-5-6-25-16(9-22)17(21)14(10-26)12-7-11(23)8-13(15)18(12)25/h7-8,15H,5-6,9H2,1-4H3. The Bertz CT molecular complexity index is 919. The van der Waals surface area contributed by atoms with Gasteiger partial charge in [0.1, 0.15) is 17.4 Å². The summed E-state index contributed by atoms with van der Waals surface area (Å²) in [6.45, 7) is 5.94. The number of alkyl halides is 1. The van der Waals surface area contributed by atoms with Crippen molar-refractivity contribution >= 4 is 50.8 Å². The zero-order chi connectivity index (χ0) is 20.8. The molecule has 0 radical (unpaired) electrons. The molecule has 0 aliphatic carbocycles. The molecule has 28 heavy (non-hydrogen) atoms. The van der Waals surface area contributed by atoms with Gasteiger partial charge in [0.15, 0.2) is 0 Å². The number of hydrogen-bond acceptors (Lipinski definition) is 4. The molecule has 150 valence electrons. The molecule has 0 N–H and O–H groups in total. The molecule has 0 bridgehead atoms. The number of allylic oxidation sites excluding steroid dienone is 3. The summed E-state index contributed by atoms with van der Waals surface area (Å²) in [7, 11) is 1.64. The fourth-order valence-electron chi connectivity index (χ4n) is 3.63. The van der Waals surface area contributed by atoms with Gasteiger partial charge in [0.05, 0.1) is 27.7 Å². The fourth-order valence-corrected chi connectivity index (χ4v) is 4.72. The second-order valence-corrected chi connectivity index (χ2v) is 8.87. The van der Waals surface area contributed by atoms with Crippen molar-refractivity contribution in [1.29, 1.82) is 0 Å². The Labute approximate surface area is 176 Å². The van der Waals surface area contributed by atoms with Gasteiger partial charge in [-0.1, -0.05) is 0 Å². The smallest absolute Gasteiger partial charge is 0.410 e. The van der Waals surface area contributed by atoms with Gasteiger partial charge in [0.2, 0.25) is 0 Å². The minimum absolute atomic E-state index is 0.175. The minimum Gasteiger partial charge on any atom is -0.444 e. The largest absolute Gasteiger partial charge is 0.444 e. The summed E-state index contributed by atoms with van der Waals surface area (Å²) in [4.78, 5) is 27.7. The molecule has 1 aromatic carbocycles. The predicted molar refractivity (Wildman–Crippen MR) is 111 cm³/mol. The Balaban J connectivity index is 2.13. The third kappa shape index (κ3) is 3.59. The number of hydrogen-bond donors (Lipinski definition) is 0. The van der Waals surface area contributed by atoms with Crippen LogP contribution in [0, 0.1) is 5.82 Å². The van der Waals surface area contributed by atoms with E-state index in [0.29, 0.717) is 34.3 Å². The van der Waals surface area contributed by atoms with Gasteiger partial charge >= 0.3 is 6.09 Å². The molecule has 5 nitrogen and oxygen atoms in total. The van der Waals surface area contributed by atoms with E-state index in [1.807, 2.05) is 10.8 Å². The molecular formula is C20H21BrClFN2O3. The van der Waals surface area contributed by atoms with Crippen molar-refractivity contribution < 1.29 is 18.7 Å². The molecule has 0 aromatic heterocycles. The Hall–Kier alpha value is -1.82. The Morgan fingerprint density at radius 3 is 2.71 bits per heavy atom. The molecule has 2 aliphatic rings. The van der Waals surface area contributed by atoms with Crippen molar-refractivity contribution in [2.45, 2.75) is 38.8 Å². The van der Waals surface area contributed by atoms with Gasteiger partial charge in [-0.2, -0.15) is 0 Å². The minimum atomic E-state index is -0.639. The van der Waals surface area contributed by atoms with Crippen molar-refractivity contribution in [2.24, 2.45) is 0 Å². The molecule has 2 aliphatic heterocycles. The van der Waals surface area contributed by atoms with Gasteiger partial charge < -0.3 is 14.5 Å². The Kier molecular flexibility index (Phi) is 5.63. The monoisotopic (exact) mass is 470 g/mol. The topological polar surface area (TPSA) is 49.9 Å². The Morgan fingerprint density at radius 2 is 2.14 bits per heavy atom. The van der Waals surface area contributed by atoms with Crippen LogP contribution in [0.15, 0.2) is 22.3 Å². The molecule has 8 heteroatoms. The molecule has 1 amide bonds. The molecule has 1 atom stereocenters. The molecule has 2 heterocycles. The third-order valence-electron chi connectivity index (χ3n) is 4.80. The zero-order valence-corrected chi connectivity index (χ0v) is 18.4. The van der Waals surface area contributed by atoms with E-state index in [-0.39, 0.29) is 11.5 Å². The highest BCUT2D eigenvalue weighted by atomic mass is 79.9. The first-order valence-corrected chi connectivity index (χ1v) is 10.2. The maximum Gasteiger partial charge on any atom is 0.410 e. The van der Waals surface area contributed by atoms with Gasteiger partial charge in [0.25, 0.3) is 0 Å². The van der Waals surface area contributed by atoms with Gasteiger partial charge in [-0.3, -0.25) is 0 Å². The molecular weight excluding hydrogens is 451 g/mol. The molecule has 0 spiro atoms. The predicted octanol–water partition coefficient (Wildman–Crippen LogP) is 5.02. The number of benzene rings is 1. The van der Waals surface area contributed by atoms with Crippen LogP contribution in [0.3, 0.4) is 0 Å². The maximum absolute atomic E-state index is 14.5. The van der Waals surface area contributed by atoms with Crippen LogP contribution in [0.4, 0.5) is 14.9 Å². The highest BCUT2D eigenvalue weighted by molar-refractivity contribution is 9.12. The first kappa shape index (κ1) is 20.9. The summed E-state index contributed by atoms with van der Waals surface area (Å²) >= 11 is 9.55. The molecule has 1 unspecified atom stereocenters. The SMILES string of the molecule is CN(C(=O)OC(C)(C)C)C1CCN2C(CCl)=C(Br)C(=C=O)c3cc(F)cc1c32. The summed E-state index contributed by atoms with van der Waals surface area (Å²) in [6, 6.07) is 2.33. The van der Waals surface area contributed by atoms with Crippen molar-refractivity contribution in [1.82, 2.24) is 4.90 Å². The van der Waals surface area contributed by atoms with Crippen LogP contribution in [0.25, 0.3) is 5.57 Å². The first-order chi connectivity index (χ1) is 13.1. The number of rotatable bonds is 2. The lowest BCUT2D eigenvalue weighted by Crippen LogP contribution is -2.42. The van der Waals surface area contributed by atoms with Crippen LogP contribution < -0.4 is 4.90 Å². The van der Waals surface area contributed by atoms with E-state index in [1.54, 1.807) is 27.8 Å². The molecule has 3 rings (SSSR count). The summed E-state index contributed by atoms with van der Waals surface area (Å²) in [5.41, 5.74) is 2.05. The first-order valence-electron chi connectivity index (χ1n) is 8.86. The highest BCUT2D eigenvalue weighted by Crippen LogP contribution is 2.49. The summed E-state index contributed by atoms with van der Waals surface area (Å²) in [6.07, 6.45) is 0.0760. The van der Waals surface area contributed by atoms with Crippen LogP contribution in [-0.2, 0) is 9.53 Å². The van der Waals surface area contributed by atoms with Crippen LogP contribution in [0.5, 0.6) is 0 Å². The van der Waals surface area contributed by atoms with Gasteiger partial charge in [0, 0.05) is 30.4 Å². The normalized spacial score (nSPS) is 18.6. The van der Waals surface area contributed by atoms with Crippen molar-refractivity contribution in [3.63, 3.8) is 0 Å². The van der Waals surface area contributed by atoms with Gasteiger partial charge in [-0.15, -0.1) is 11.6 Å². The lowest BCUT2D eigenvalue weighted by Gasteiger charge is -2.43. The van der Waals surface area contributed by atoms with Crippen molar-refractivity contribution in [2.75, 3.05) is 24.4 Å². The molecule has 1 aromatic rings. The number of nitrogens with zero attached hydrogens (tertiary/aromatic N) is 2. The number of amides is 1. The lowest BCUT2D eigenvalue weighted by molar-refractivity contribution is 0.0210. The van der Waals surface area contributed by atoms with Crippen LogP contribution in [0.1, 0.15) is 44.4 Å². The molecule has 0 saturated carbocycles. The maximum atomic E-state index is 14.5. The van der Waals surface area contributed by atoms with Gasteiger partial charge in [-0.25, -0.2) is 14.0 Å². The van der Waals surface area contributed by atoms with E-state index in [0.717, 1.165) is 5.70 Å². The van der Waals surface area contributed by atoms with E-state index in [2.05, 4.69) is 15.9 Å². The van der Waals surface area contributed by atoms with Crippen LogP contribution in [-0.4, -0.2) is 42.0 Å². The zero-order valence-electron chi connectivity index (χ0n) is 16.1. The molecule has 0 fully saturated rings. The number of carbonyl (C=O) groups is 1. The number of halogens is 3. The Morgan fingerprint density at radius 1 is 1.46 bits per heavy atom. The average Bonchev–Trinajstić information content (AvgIpc) is 2.60. The summed E-state index contributed by atoms with van der Waals surface area (Å²) in [5, 5.41) is 0. The summed E-state index contributed by atoms with van der Waals surface area (Å²) in [5.74, 6) is 1.59. The number of ether oxygens (including phenoxy) is 1.